The van der Waals surface area contributed by atoms with Gasteiger partial charge in [-0.2, -0.15) is 0 Å². The Balaban J connectivity index is 2.22. The van der Waals surface area contributed by atoms with Crippen LogP contribution in [0, 0.1) is 24.0 Å². The summed E-state index contributed by atoms with van der Waals surface area (Å²) in [6.45, 7) is 5.73. The molecule has 0 aliphatic carbocycles. The lowest BCUT2D eigenvalue weighted by Crippen LogP contribution is -2.11. The lowest BCUT2D eigenvalue weighted by atomic mass is 10.1. The van der Waals surface area contributed by atoms with Crippen molar-refractivity contribution in [2.75, 3.05) is 5.32 Å². The second-order valence-corrected chi connectivity index (χ2v) is 4.65. The predicted octanol–water partition coefficient (Wildman–Crippen LogP) is 3.17. The van der Waals surface area contributed by atoms with E-state index in [1.807, 2.05) is 20.8 Å². The first kappa shape index (κ1) is 13.9. The van der Waals surface area contributed by atoms with E-state index >= 15 is 0 Å². The predicted molar refractivity (Wildman–Crippen MR) is 76.6 cm³/mol. The Morgan fingerprint density at radius 3 is 2.55 bits per heavy atom. The third-order valence-electron chi connectivity index (χ3n) is 3.12. The van der Waals surface area contributed by atoms with E-state index in [2.05, 4.69) is 15.3 Å². The standard InChI is InChI=1S/C14H16N4O2/c1-9-8-12(18(19)20)4-5-13(9)17-11(3)14-10(2)15-6-7-16-14/h4-8,11,17H,1-3H3. The molecule has 0 aliphatic rings. The number of nitro groups is 1. The lowest BCUT2D eigenvalue weighted by Gasteiger charge is -2.17. The monoisotopic (exact) mass is 272 g/mol. The van der Waals surface area contributed by atoms with Crippen molar-refractivity contribution in [2.24, 2.45) is 0 Å². The first-order valence-electron chi connectivity index (χ1n) is 6.28. The maximum absolute atomic E-state index is 10.7. The van der Waals surface area contributed by atoms with Crippen LogP contribution < -0.4 is 5.32 Å². The number of nitro benzene ring substituents is 1. The number of non-ortho nitro benzene ring substituents is 1. The van der Waals surface area contributed by atoms with Gasteiger partial charge in [-0.25, -0.2) is 0 Å². The van der Waals surface area contributed by atoms with Gasteiger partial charge < -0.3 is 5.32 Å². The number of nitrogens with one attached hydrogen (secondary N) is 1. The molecular formula is C14H16N4O2. The highest BCUT2D eigenvalue weighted by molar-refractivity contribution is 5.56. The molecule has 0 spiro atoms. The van der Waals surface area contributed by atoms with E-state index < -0.39 is 4.92 Å². The van der Waals surface area contributed by atoms with Gasteiger partial charge in [0.25, 0.3) is 5.69 Å². The molecule has 2 aromatic rings. The van der Waals surface area contributed by atoms with Crippen molar-refractivity contribution in [1.29, 1.82) is 0 Å². The van der Waals surface area contributed by atoms with E-state index in [-0.39, 0.29) is 11.7 Å². The van der Waals surface area contributed by atoms with Gasteiger partial charge in [0.2, 0.25) is 0 Å². The summed E-state index contributed by atoms with van der Waals surface area (Å²) in [5.41, 5.74) is 3.51. The van der Waals surface area contributed by atoms with Crippen molar-refractivity contribution < 1.29 is 4.92 Å². The van der Waals surface area contributed by atoms with Crippen molar-refractivity contribution in [3.63, 3.8) is 0 Å². The van der Waals surface area contributed by atoms with Gasteiger partial charge in [0.05, 0.1) is 22.4 Å². The topological polar surface area (TPSA) is 81.0 Å². The normalized spacial score (nSPS) is 11.9. The summed E-state index contributed by atoms with van der Waals surface area (Å²) in [5.74, 6) is 0. The minimum absolute atomic E-state index is 0.0242. The molecule has 0 saturated heterocycles. The Bertz CT molecular complexity index is 643. The number of nitrogens with zero attached hydrogens (tertiary/aromatic N) is 3. The van der Waals surface area contributed by atoms with Crippen molar-refractivity contribution >= 4 is 11.4 Å². The Morgan fingerprint density at radius 2 is 1.95 bits per heavy atom. The summed E-state index contributed by atoms with van der Waals surface area (Å²) in [4.78, 5) is 18.9. The highest BCUT2D eigenvalue weighted by Crippen LogP contribution is 2.25. The highest BCUT2D eigenvalue weighted by Gasteiger charge is 2.13. The average molecular weight is 272 g/mol. The SMILES string of the molecule is Cc1cc([N+](=O)[O-])ccc1NC(C)c1nccnc1C. The van der Waals surface area contributed by atoms with Gasteiger partial charge >= 0.3 is 0 Å². The maximum Gasteiger partial charge on any atom is 0.269 e. The molecule has 0 saturated carbocycles. The summed E-state index contributed by atoms with van der Waals surface area (Å²) in [5, 5.41) is 14.0. The molecule has 0 fully saturated rings. The zero-order chi connectivity index (χ0) is 14.7. The van der Waals surface area contributed by atoms with Crippen LogP contribution >= 0.6 is 0 Å². The zero-order valence-electron chi connectivity index (χ0n) is 11.6. The minimum atomic E-state index is -0.396. The van der Waals surface area contributed by atoms with E-state index in [1.54, 1.807) is 24.5 Å². The number of benzene rings is 1. The van der Waals surface area contributed by atoms with Crippen LogP contribution in [0.2, 0.25) is 0 Å². The van der Waals surface area contributed by atoms with Gasteiger partial charge in [-0.05, 0) is 32.4 Å². The summed E-state index contributed by atoms with van der Waals surface area (Å²) in [6.07, 6.45) is 3.31. The van der Waals surface area contributed by atoms with Crippen LogP contribution in [-0.4, -0.2) is 14.9 Å². The third-order valence-corrected chi connectivity index (χ3v) is 3.12. The molecule has 1 N–H and O–H groups in total. The maximum atomic E-state index is 10.7. The van der Waals surface area contributed by atoms with Gasteiger partial charge in [0.1, 0.15) is 0 Å². The van der Waals surface area contributed by atoms with Crippen LogP contribution in [0.5, 0.6) is 0 Å². The molecule has 0 radical (unpaired) electrons. The number of hydrogen-bond donors (Lipinski definition) is 1. The highest BCUT2D eigenvalue weighted by atomic mass is 16.6. The molecule has 1 unspecified atom stereocenters. The molecule has 1 aromatic heterocycles. The van der Waals surface area contributed by atoms with Crippen LogP contribution in [-0.2, 0) is 0 Å². The minimum Gasteiger partial charge on any atom is -0.377 e. The zero-order valence-corrected chi connectivity index (χ0v) is 11.6. The van der Waals surface area contributed by atoms with Gasteiger partial charge in [-0.15, -0.1) is 0 Å². The molecule has 1 aromatic carbocycles. The molecule has 20 heavy (non-hydrogen) atoms. The molecule has 1 atom stereocenters. The van der Waals surface area contributed by atoms with Gasteiger partial charge in [0.15, 0.2) is 0 Å². The van der Waals surface area contributed by atoms with Crippen molar-refractivity contribution in [2.45, 2.75) is 26.8 Å². The van der Waals surface area contributed by atoms with E-state index in [1.165, 1.54) is 6.07 Å². The average Bonchev–Trinajstić information content (AvgIpc) is 2.41. The molecule has 6 nitrogen and oxygen atoms in total. The van der Waals surface area contributed by atoms with E-state index in [0.717, 1.165) is 22.6 Å². The van der Waals surface area contributed by atoms with Gasteiger partial charge in [-0.1, -0.05) is 0 Å². The number of anilines is 1. The fraction of sp³-hybridized carbons (Fsp3) is 0.286. The number of aryl methyl sites for hydroxylation is 2. The van der Waals surface area contributed by atoms with E-state index in [0.29, 0.717) is 0 Å². The van der Waals surface area contributed by atoms with Crippen LogP contribution in [0.1, 0.15) is 29.9 Å². The molecule has 0 aliphatic heterocycles. The molecule has 0 bridgehead atoms. The molecule has 2 rings (SSSR count). The summed E-state index contributed by atoms with van der Waals surface area (Å²) in [6, 6.07) is 4.74. The molecule has 1 heterocycles. The fourth-order valence-corrected chi connectivity index (χ4v) is 2.07. The molecule has 104 valence electrons. The van der Waals surface area contributed by atoms with Gasteiger partial charge in [-0.3, -0.25) is 20.1 Å². The van der Waals surface area contributed by atoms with Crippen LogP contribution in [0.25, 0.3) is 0 Å². The molecule has 0 amide bonds. The molecule has 6 heteroatoms. The van der Waals surface area contributed by atoms with Crippen LogP contribution in [0.3, 0.4) is 0 Å². The second-order valence-electron chi connectivity index (χ2n) is 4.65. The first-order chi connectivity index (χ1) is 9.49. The lowest BCUT2D eigenvalue weighted by molar-refractivity contribution is -0.384. The number of rotatable bonds is 4. The van der Waals surface area contributed by atoms with E-state index in [9.17, 15) is 10.1 Å². The van der Waals surface area contributed by atoms with E-state index in [4.69, 9.17) is 0 Å². The summed E-state index contributed by atoms with van der Waals surface area (Å²) >= 11 is 0. The van der Waals surface area contributed by atoms with Crippen molar-refractivity contribution in [1.82, 2.24) is 9.97 Å². The Labute approximate surface area is 117 Å². The Hall–Kier alpha value is -2.50. The Kier molecular flexibility index (Phi) is 3.93. The van der Waals surface area contributed by atoms with Gasteiger partial charge in [0, 0.05) is 30.2 Å². The first-order valence-corrected chi connectivity index (χ1v) is 6.28. The number of hydrogen-bond acceptors (Lipinski definition) is 5. The van der Waals surface area contributed by atoms with Crippen molar-refractivity contribution in [3.05, 3.63) is 57.7 Å². The number of aromatic nitrogens is 2. The van der Waals surface area contributed by atoms with Crippen LogP contribution in [0.4, 0.5) is 11.4 Å². The fourth-order valence-electron chi connectivity index (χ4n) is 2.07. The molecular weight excluding hydrogens is 256 g/mol. The third kappa shape index (κ3) is 2.90. The van der Waals surface area contributed by atoms with Crippen molar-refractivity contribution in [3.8, 4) is 0 Å². The smallest absolute Gasteiger partial charge is 0.269 e. The summed E-state index contributed by atoms with van der Waals surface area (Å²) in [7, 11) is 0. The second kappa shape index (κ2) is 5.64. The quantitative estimate of drug-likeness (QED) is 0.683. The summed E-state index contributed by atoms with van der Waals surface area (Å²) < 4.78 is 0. The Morgan fingerprint density at radius 1 is 1.25 bits per heavy atom. The van der Waals surface area contributed by atoms with Crippen LogP contribution in [0.15, 0.2) is 30.6 Å². The largest absolute Gasteiger partial charge is 0.377 e.